The Morgan fingerprint density at radius 2 is 2.11 bits per heavy atom. The lowest BCUT2D eigenvalue weighted by atomic mass is 10.00. The summed E-state index contributed by atoms with van der Waals surface area (Å²) in [6.45, 7) is 6.51. The highest BCUT2D eigenvalue weighted by Crippen LogP contribution is 2.20. The Labute approximate surface area is 115 Å². The highest BCUT2D eigenvalue weighted by molar-refractivity contribution is 5.29. The molecule has 2 atom stereocenters. The lowest BCUT2D eigenvalue weighted by Gasteiger charge is -2.26. The summed E-state index contributed by atoms with van der Waals surface area (Å²) < 4.78 is 11.1. The second kappa shape index (κ2) is 6.89. The molecule has 1 aliphatic heterocycles. The van der Waals surface area contributed by atoms with Crippen LogP contribution in [0.25, 0.3) is 0 Å². The maximum Gasteiger partial charge on any atom is 0.119 e. The molecule has 2 rings (SSSR count). The molecule has 0 aliphatic carbocycles. The van der Waals surface area contributed by atoms with Crippen molar-refractivity contribution in [1.29, 1.82) is 0 Å². The summed E-state index contributed by atoms with van der Waals surface area (Å²) in [6.07, 6.45) is 1.09. The predicted octanol–water partition coefficient (Wildman–Crippen LogP) is 1.85. The third kappa shape index (κ3) is 4.49. The normalized spacial score (nSPS) is 21.4. The first-order valence-corrected chi connectivity index (χ1v) is 6.98. The molecule has 2 unspecified atom stereocenters. The van der Waals surface area contributed by atoms with Gasteiger partial charge in [-0.3, -0.25) is 0 Å². The summed E-state index contributed by atoms with van der Waals surface area (Å²) in [5.74, 6) is 0.894. The summed E-state index contributed by atoms with van der Waals surface area (Å²) in [5.41, 5.74) is 7.38. The Morgan fingerprint density at radius 3 is 2.68 bits per heavy atom. The zero-order chi connectivity index (χ0) is 13.7. The predicted molar refractivity (Wildman–Crippen MR) is 76.4 cm³/mol. The van der Waals surface area contributed by atoms with Gasteiger partial charge in [-0.2, -0.15) is 0 Å². The lowest BCUT2D eigenvalue weighted by Crippen LogP contribution is -2.42. The highest BCUT2D eigenvalue weighted by Gasteiger charge is 2.17. The lowest BCUT2D eigenvalue weighted by molar-refractivity contribution is 0.0720. The van der Waals surface area contributed by atoms with Gasteiger partial charge in [-0.25, -0.2) is 0 Å². The highest BCUT2D eigenvalue weighted by atomic mass is 16.5. The average Bonchev–Trinajstić information content (AvgIpc) is 2.40. The molecular weight excluding hydrogens is 240 g/mol. The van der Waals surface area contributed by atoms with Crippen LogP contribution >= 0.6 is 0 Å². The maximum atomic E-state index is 6.24. The fraction of sp³-hybridized carbons (Fsp3) is 0.600. The molecule has 1 aliphatic rings. The Kier molecular flexibility index (Phi) is 5.19. The van der Waals surface area contributed by atoms with E-state index in [-0.39, 0.29) is 12.1 Å². The van der Waals surface area contributed by atoms with Crippen LogP contribution in [-0.4, -0.2) is 31.9 Å². The monoisotopic (exact) mass is 264 g/mol. The van der Waals surface area contributed by atoms with E-state index in [4.69, 9.17) is 15.2 Å². The van der Waals surface area contributed by atoms with E-state index in [1.807, 2.05) is 38.1 Å². The summed E-state index contributed by atoms with van der Waals surface area (Å²) >= 11 is 0. The molecule has 3 N–H and O–H groups in total. The summed E-state index contributed by atoms with van der Waals surface area (Å²) in [7, 11) is 0. The molecule has 19 heavy (non-hydrogen) atoms. The third-order valence-electron chi connectivity index (χ3n) is 3.22. The van der Waals surface area contributed by atoms with Gasteiger partial charge in [-0.1, -0.05) is 12.1 Å². The Morgan fingerprint density at radius 1 is 1.37 bits per heavy atom. The van der Waals surface area contributed by atoms with Crippen molar-refractivity contribution < 1.29 is 9.47 Å². The van der Waals surface area contributed by atoms with Crippen LogP contribution in [0.3, 0.4) is 0 Å². The molecule has 1 saturated heterocycles. The van der Waals surface area contributed by atoms with Crippen molar-refractivity contribution in [3.8, 4) is 5.75 Å². The van der Waals surface area contributed by atoms with Crippen LogP contribution in [0.4, 0.5) is 0 Å². The quantitative estimate of drug-likeness (QED) is 0.852. The SMILES string of the molecule is CC(C)Oc1ccc(C(N)CC2COCCN2)cc1. The van der Waals surface area contributed by atoms with E-state index < -0.39 is 0 Å². The Bertz CT molecular complexity index is 372. The largest absolute Gasteiger partial charge is 0.491 e. The number of hydrogen-bond acceptors (Lipinski definition) is 4. The van der Waals surface area contributed by atoms with E-state index in [0.717, 1.165) is 37.5 Å². The Balaban J connectivity index is 1.89. The van der Waals surface area contributed by atoms with Crippen LogP contribution < -0.4 is 15.8 Å². The number of rotatable bonds is 5. The standard InChI is InChI=1S/C15H24N2O2/c1-11(2)19-14-5-3-12(4-6-14)15(16)9-13-10-18-8-7-17-13/h3-6,11,13,15,17H,7-10,16H2,1-2H3. The van der Waals surface area contributed by atoms with Crippen LogP contribution in [-0.2, 0) is 4.74 Å². The first-order chi connectivity index (χ1) is 9.15. The van der Waals surface area contributed by atoms with Gasteiger partial charge in [0.2, 0.25) is 0 Å². The fourth-order valence-electron chi connectivity index (χ4n) is 2.28. The van der Waals surface area contributed by atoms with E-state index >= 15 is 0 Å². The van der Waals surface area contributed by atoms with Crippen molar-refractivity contribution in [2.45, 2.75) is 38.5 Å². The van der Waals surface area contributed by atoms with Gasteiger partial charge in [0.05, 0.1) is 19.3 Å². The zero-order valence-corrected chi connectivity index (χ0v) is 11.8. The van der Waals surface area contributed by atoms with Crippen molar-refractivity contribution in [3.63, 3.8) is 0 Å². The number of nitrogens with two attached hydrogens (primary N) is 1. The van der Waals surface area contributed by atoms with Gasteiger partial charge in [-0.05, 0) is 38.0 Å². The number of hydrogen-bond donors (Lipinski definition) is 2. The zero-order valence-electron chi connectivity index (χ0n) is 11.8. The topological polar surface area (TPSA) is 56.5 Å². The van der Waals surface area contributed by atoms with Gasteiger partial charge in [-0.15, -0.1) is 0 Å². The molecule has 0 amide bonds. The molecule has 106 valence electrons. The van der Waals surface area contributed by atoms with Crippen LogP contribution in [0.5, 0.6) is 5.75 Å². The molecule has 0 saturated carbocycles. The molecule has 1 heterocycles. The van der Waals surface area contributed by atoms with Crippen molar-refractivity contribution in [2.24, 2.45) is 5.73 Å². The van der Waals surface area contributed by atoms with Crippen LogP contribution in [0.15, 0.2) is 24.3 Å². The molecule has 1 aromatic carbocycles. The van der Waals surface area contributed by atoms with Crippen molar-refractivity contribution in [2.75, 3.05) is 19.8 Å². The van der Waals surface area contributed by atoms with Gasteiger partial charge in [0.1, 0.15) is 5.75 Å². The third-order valence-corrected chi connectivity index (χ3v) is 3.22. The maximum absolute atomic E-state index is 6.24. The van der Waals surface area contributed by atoms with E-state index in [9.17, 15) is 0 Å². The van der Waals surface area contributed by atoms with E-state index in [1.165, 1.54) is 0 Å². The number of benzene rings is 1. The number of nitrogens with one attached hydrogen (secondary N) is 1. The second-order valence-electron chi connectivity index (χ2n) is 5.30. The van der Waals surface area contributed by atoms with Crippen LogP contribution in [0.2, 0.25) is 0 Å². The first kappa shape index (κ1) is 14.3. The molecular formula is C15H24N2O2. The minimum Gasteiger partial charge on any atom is -0.491 e. The molecule has 1 fully saturated rings. The van der Waals surface area contributed by atoms with Crippen LogP contribution in [0, 0.1) is 0 Å². The minimum absolute atomic E-state index is 0.0345. The molecule has 0 spiro atoms. The summed E-state index contributed by atoms with van der Waals surface area (Å²) in [4.78, 5) is 0. The van der Waals surface area contributed by atoms with Gasteiger partial charge < -0.3 is 20.5 Å². The number of ether oxygens (including phenoxy) is 2. The van der Waals surface area contributed by atoms with Gasteiger partial charge >= 0.3 is 0 Å². The van der Waals surface area contributed by atoms with Crippen molar-refractivity contribution >= 4 is 0 Å². The molecule has 0 bridgehead atoms. The Hall–Kier alpha value is -1.10. The molecule has 4 nitrogen and oxygen atoms in total. The minimum atomic E-state index is 0.0345. The molecule has 0 aromatic heterocycles. The van der Waals surface area contributed by atoms with Gasteiger partial charge in [0.15, 0.2) is 0 Å². The summed E-state index contributed by atoms with van der Waals surface area (Å²) in [5, 5.41) is 3.43. The molecule has 1 aromatic rings. The molecule has 0 radical (unpaired) electrons. The van der Waals surface area contributed by atoms with Crippen molar-refractivity contribution in [1.82, 2.24) is 5.32 Å². The van der Waals surface area contributed by atoms with Crippen molar-refractivity contribution in [3.05, 3.63) is 29.8 Å². The smallest absolute Gasteiger partial charge is 0.119 e. The second-order valence-corrected chi connectivity index (χ2v) is 5.30. The van der Waals surface area contributed by atoms with Gasteiger partial charge in [0.25, 0.3) is 0 Å². The summed E-state index contributed by atoms with van der Waals surface area (Å²) in [6, 6.07) is 8.46. The van der Waals surface area contributed by atoms with Crippen LogP contribution in [0.1, 0.15) is 31.9 Å². The van der Waals surface area contributed by atoms with E-state index in [0.29, 0.717) is 6.04 Å². The van der Waals surface area contributed by atoms with E-state index in [2.05, 4.69) is 5.32 Å². The molecule has 4 heteroatoms. The number of morpholine rings is 1. The average molecular weight is 264 g/mol. The van der Waals surface area contributed by atoms with Gasteiger partial charge in [0, 0.05) is 18.6 Å². The fourth-order valence-corrected chi connectivity index (χ4v) is 2.28. The van der Waals surface area contributed by atoms with E-state index in [1.54, 1.807) is 0 Å². The first-order valence-electron chi connectivity index (χ1n) is 6.98.